The van der Waals surface area contributed by atoms with E-state index in [-0.39, 0.29) is 18.1 Å². The fourth-order valence-electron chi connectivity index (χ4n) is 4.12. The topological polar surface area (TPSA) is 128 Å². The van der Waals surface area contributed by atoms with Crippen LogP contribution < -0.4 is 21.9 Å². The Morgan fingerprint density at radius 3 is 2.75 bits per heavy atom. The molecule has 3 aromatic heterocycles. The summed E-state index contributed by atoms with van der Waals surface area (Å²) >= 11 is 0. The molecule has 1 aliphatic heterocycles. The van der Waals surface area contributed by atoms with Gasteiger partial charge in [0.15, 0.2) is 11.2 Å². The van der Waals surface area contributed by atoms with Crippen LogP contribution in [0.3, 0.4) is 0 Å². The minimum absolute atomic E-state index is 0.0366. The van der Waals surface area contributed by atoms with Crippen molar-refractivity contribution in [2.75, 3.05) is 18.0 Å². The molecule has 0 saturated carbocycles. The van der Waals surface area contributed by atoms with Gasteiger partial charge < -0.3 is 15.6 Å². The first-order valence-electron chi connectivity index (χ1n) is 10.6. The number of rotatable bonds is 4. The maximum Gasteiger partial charge on any atom is 0.332 e. The SMILES string of the molecule is Cn1c(=O)n(Cc2nccc(-c3ccccc3)n2)c(=O)c2[nH]c(N3CCC[C@@H](N)C3)nc21. The third-order valence-electron chi connectivity index (χ3n) is 5.80. The number of imidazole rings is 1. The summed E-state index contributed by atoms with van der Waals surface area (Å²) in [4.78, 5) is 44.7. The average Bonchev–Trinajstić information content (AvgIpc) is 3.27. The number of anilines is 1. The molecule has 1 aromatic carbocycles. The zero-order chi connectivity index (χ0) is 22.2. The largest absolute Gasteiger partial charge is 0.341 e. The third kappa shape index (κ3) is 3.58. The van der Waals surface area contributed by atoms with E-state index in [1.807, 2.05) is 35.2 Å². The van der Waals surface area contributed by atoms with Crippen molar-refractivity contribution in [3.8, 4) is 11.3 Å². The summed E-state index contributed by atoms with van der Waals surface area (Å²) in [6.45, 7) is 1.42. The molecule has 0 spiro atoms. The summed E-state index contributed by atoms with van der Waals surface area (Å²) in [5, 5.41) is 0. The Bertz CT molecular complexity index is 1390. The quantitative estimate of drug-likeness (QED) is 0.489. The summed E-state index contributed by atoms with van der Waals surface area (Å²) in [6, 6.07) is 11.5. The lowest BCUT2D eigenvalue weighted by atomic mass is 10.1. The van der Waals surface area contributed by atoms with E-state index in [1.54, 1.807) is 19.3 Å². The normalized spacial score (nSPS) is 16.6. The van der Waals surface area contributed by atoms with Crippen molar-refractivity contribution in [2.45, 2.75) is 25.4 Å². The lowest BCUT2D eigenvalue weighted by Gasteiger charge is -2.30. The van der Waals surface area contributed by atoms with Crippen LogP contribution in [0.15, 0.2) is 52.2 Å². The Hall–Kier alpha value is -3.79. The van der Waals surface area contributed by atoms with E-state index >= 15 is 0 Å². The van der Waals surface area contributed by atoms with Gasteiger partial charge in [0.1, 0.15) is 5.82 Å². The zero-order valence-corrected chi connectivity index (χ0v) is 17.7. The van der Waals surface area contributed by atoms with Crippen LogP contribution in [0.1, 0.15) is 18.7 Å². The van der Waals surface area contributed by atoms with Gasteiger partial charge in [-0.15, -0.1) is 0 Å². The van der Waals surface area contributed by atoms with E-state index in [0.717, 1.165) is 35.2 Å². The predicted octanol–water partition coefficient (Wildman–Crippen LogP) is 0.856. The Labute approximate surface area is 183 Å². The second-order valence-corrected chi connectivity index (χ2v) is 8.06. The molecule has 4 heterocycles. The van der Waals surface area contributed by atoms with Gasteiger partial charge in [0.25, 0.3) is 5.56 Å². The Morgan fingerprint density at radius 1 is 1.16 bits per heavy atom. The first-order valence-corrected chi connectivity index (χ1v) is 10.6. The minimum atomic E-state index is -0.468. The molecule has 10 nitrogen and oxygen atoms in total. The highest BCUT2D eigenvalue weighted by Crippen LogP contribution is 2.19. The number of aromatic nitrogens is 6. The summed E-state index contributed by atoms with van der Waals surface area (Å²) in [5.74, 6) is 0.939. The van der Waals surface area contributed by atoms with Gasteiger partial charge in [-0.1, -0.05) is 30.3 Å². The van der Waals surface area contributed by atoms with Gasteiger partial charge in [-0.25, -0.2) is 14.8 Å². The van der Waals surface area contributed by atoms with Crippen LogP contribution in [0.2, 0.25) is 0 Å². The van der Waals surface area contributed by atoms with E-state index in [0.29, 0.717) is 24.0 Å². The number of aromatic amines is 1. The van der Waals surface area contributed by atoms with Crippen molar-refractivity contribution in [2.24, 2.45) is 12.8 Å². The lowest BCUT2D eigenvalue weighted by molar-refractivity contribution is 0.501. The van der Waals surface area contributed by atoms with Crippen LogP contribution in [0, 0.1) is 0 Å². The van der Waals surface area contributed by atoms with E-state index in [4.69, 9.17) is 5.73 Å². The van der Waals surface area contributed by atoms with Gasteiger partial charge in [-0.2, -0.15) is 4.98 Å². The molecule has 1 fully saturated rings. The van der Waals surface area contributed by atoms with Crippen molar-refractivity contribution >= 4 is 17.1 Å². The highest BCUT2D eigenvalue weighted by molar-refractivity contribution is 5.73. The second kappa shape index (κ2) is 8.04. The molecule has 32 heavy (non-hydrogen) atoms. The summed E-state index contributed by atoms with van der Waals surface area (Å²) in [5.41, 5.74) is 7.44. The van der Waals surface area contributed by atoms with Crippen LogP contribution in [0.4, 0.5) is 5.95 Å². The van der Waals surface area contributed by atoms with E-state index in [1.165, 1.54) is 4.57 Å². The third-order valence-corrected chi connectivity index (χ3v) is 5.80. The smallest absolute Gasteiger partial charge is 0.332 e. The molecule has 1 saturated heterocycles. The maximum absolute atomic E-state index is 13.2. The number of nitrogens with zero attached hydrogens (tertiary/aromatic N) is 6. The lowest BCUT2D eigenvalue weighted by Crippen LogP contribution is -2.43. The highest BCUT2D eigenvalue weighted by atomic mass is 16.2. The van der Waals surface area contributed by atoms with Crippen LogP contribution >= 0.6 is 0 Å². The van der Waals surface area contributed by atoms with E-state index in [9.17, 15) is 9.59 Å². The monoisotopic (exact) mass is 432 g/mol. The molecule has 0 radical (unpaired) electrons. The Balaban J connectivity index is 1.54. The molecular weight excluding hydrogens is 408 g/mol. The molecule has 1 aliphatic rings. The van der Waals surface area contributed by atoms with Crippen molar-refractivity contribution in [1.29, 1.82) is 0 Å². The van der Waals surface area contributed by atoms with Gasteiger partial charge >= 0.3 is 5.69 Å². The first-order chi connectivity index (χ1) is 15.5. The molecule has 3 N–H and O–H groups in total. The number of aryl methyl sites for hydroxylation is 1. The number of fused-ring (bicyclic) bond motifs is 1. The molecule has 10 heteroatoms. The maximum atomic E-state index is 13.2. The number of hydrogen-bond acceptors (Lipinski definition) is 7. The highest BCUT2D eigenvalue weighted by Gasteiger charge is 2.22. The van der Waals surface area contributed by atoms with E-state index in [2.05, 4.69) is 19.9 Å². The van der Waals surface area contributed by atoms with Crippen molar-refractivity contribution < 1.29 is 0 Å². The predicted molar refractivity (Wildman–Crippen MR) is 122 cm³/mol. The molecular formula is C22H24N8O2. The van der Waals surface area contributed by atoms with Crippen molar-refractivity contribution in [3.63, 3.8) is 0 Å². The molecule has 0 aliphatic carbocycles. The number of piperidine rings is 1. The van der Waals surface area contributed by atoms with Crippen LogP contribution in [-0.2, 0) is 13.6 Å². The molecule has 0 amide bonds. The summed E-state index contributed by atoms with van der Waals surface area (Å²) in [6.07, 6.45) is 3.55. The molecule has 4 aromatic rings. The number of hydrogen-bond donors (Lipinski definition) is 2. The first kappa shape index (κ1) is 20.1. The van der Waals surface area contributed by atoms with Crippen LogP contribution in [0.25, 0.3) is 22.4 Å². The second-order valence-electron chi connectivity index (χ2n) is 8.06. The van der Waals surface area contributed by atoms with Crippen LogP contribution in [0.5, 0.6) is 0 Å². The van der Waals surface area contributed by atoms with Crippen molar-refractivity contribution in [3.05, 3.63) is 69.3 Å². The van der Waals surface area contributed by atoms with Gasteiger partial charge in [-0.3, -0.25) is 13.9 Å². The molecule has 0 unspecified atom stereocenters. The number of H-pyrrole nitrogens is 1. The van der Waals surface area contributed by atoms with Gasteiger partial charge in [0, 0.05) is 37.9 Å². The molecule has 164 valence electrons. The fourth-order valence-corrected chi connectivity index (χ4v) is 4.12. The molecule has 5 rings (SSSR count). The minimum Gasteiger partial charge on any atom is -0.341 e. The van der Waals surface area contributed by atoms with E-state index < -0.39 is 11.2 Å². The number of nitrogens with two attached hydrogens (primary N) is 1. The average molecular weight is 432 g/mol. The number of benzene rings is 1. The Kier molecular flexibility index (Phi) is 5.06. The van der Waals surface area contributed by atoms with Gasteiger partial charge in [0.05, 0.1) is 12.2 Å². The van der Waals surface area contributed by atoms with Gasteiger partial charge in [-0.05, 0) is 18.9 Å². The van der Waals surface area contributed by atoms with Gasteiger partial charge in [0.2, 0.25) is 5.95 Å². The Morgan fingerprint density at radius 2 is 1.97 bits per heavy atom. The van der Waals surface area contributed by atoms with Crippen LogP contribution in [-0.4, -0.2) is 48.2 Å². The molecule has 1 atom stereocenters. The summed E-state index contributed by atoms with van der Waals surface area (Å²) < 4.78 is 2.51. The number of nitrogens with one attached hydrogen (secondary N) is 1. The summed E-state index contributed by atoms with van der Waals surface area (Å²) in [7, 11) is 1.61. The standard InChI is InChI=1S/C22H24N8O2/c1-28-19-18(26-21(27-19)29-11-5-8-15(23)12-29)20(31)30(22(28)32)13-17-24-10-9-16(25-17)14-6-3-2-4-7-14/h2-4,6-7,9-10,15H,5,8,11-13,23H2,1H3,(H,26,27)/t15-/m1/s1. The fraction of sp³-hybridized carbons (Fsp3) is 0.318. The van der Waals surface area contributed by atoms with Crippen molar-refractivity contribution in [1.82, 2.24) is 29.1 Å². The zero-order valence-electron chi connectivity index (χ0n) is 17.7. The molecule has 0 bridgehead atoms.